The molecule has 1 amide bonds. The molecule has 0 aliphatic heterocycles. The molecule has 1 aromatic heterocycles. The average molecular weight is 264 g/mol. The molecule has 3 N–H and O–H groups in total. The summed E-state index contributed by atoms with van der Waals surface area (Å²) in [5, 5.41) is 3.06. The summed E-state index contributed by atoms with van der Waals surface area (Å²) in [5.74, 6) is 0.870. The van der Waals surface area contributed by atoms with Gasteiger partial charge in [-0.1, -0.05) is 25.7 Å². The first-order valence-electron chi connectivity index (χ1n) is 7.22. The lowest BCUT2D eigenvalue weighted by atomic mass is 9.79. The molecular weight excluding hydrogens is 240 g/mol. The molecule has 0 spiro atoms. The molecule has 2 rings (SSSR count). The van der Waals surface area contributed by atoms with Crippen LogP contribution in [0.2, 0.25) is 0 Å². The van der Waals surface area contributed by atoms with Crippen LogP contribution in [0.4, 0.5) is 0 Å². The topological polar surface area (TPSA) is 68.3 Å². The van der Waals surface area contributed by atoms with Crippen molar-refractivity contribution in [2.45, 2.75) is 51.5 Å². The molecule has 0 aromatic carbocycles. The van der Waals surface area contributed by atoms with Gasteiger partial charge in [0, 0.05) is 6.54 Å². The van der Waals surface area contributed by atoms with E-state index in [-0.39, 0.29) is 17.4 Å². The zero-order chi connectivity index (χ0) is 13.7. The summed E-state index contributed by atoms with van der Waals surface area (Å²) in [6, 6.07) is 3.62. The Kier molecular flexibility index (Phi) is 4.64. The lowest BCUT2D eigenvalue weighted by Gasteiger charge is -2.31. The lowest BCUT2D eigenvalue weighted by Crippen LogP contribution is -2.46. The van der Waals surface area contributed by atoms with Crippen molar-refractivity contribution in [2.24, 2.45) is 11.1 Å². The van der Waals surface area contributed by atoms with Gasteiger partial charge in [0.25, 0.3) is 0 Å². The molecular formula is C15H24N2O2. The van der Waals surface area contributed by atoms with Gasteiger partial charge in [-0.25, -0.2) is 0 Å². The van der Waals surface area contributed by atoms with Gasteiger partial charge < -0.3 is 15.5 Å². The molecule has 1 heterocycles. The van der Waals surface area contributed by atoms with Crippen LogP contribution < -0.4 is 11.1 Å². The Morgan fingerprint density at radius 1 is 1.42 bits per heavy atom. The largest absolute Gasteiger partial charge is 0.467 e. The van der Waals surface area contributed by atoms with Crippen molar-refractivity contribution in [3.8, 4) is 0 Å². The summed E-state index contributed by atoms with van der Waals surface area (Å²) in [4.78, 5) is 12.6. The number of carbonyl (C=O) groups is 1. The van der Waals surface area contributed by atoms with E-state index in [9.17, 15) is 4.79 Å². The first-order valence-corrected chi connectivity index (χ1v) is 7.22. The molecule has 0 saturated heterocycles. The highest BCUT2D eigenvalue weighted by molar-refractivity contribution is 5.83. The predicted octanol–water partition coefficient (Wildman–Crippen LogP) is 2.76. The van der Waals surface area contributed by atoms with Crippen molar-refractivity contribution in [3.05, 3.63) is 24.2 Å². The van der Waals surface area contributed by atoms with Crippen LogP contribution in [0.5, 0.6) is 0 Å². The van der Waals surface area contributed by atoms with Gasteiger partial charge in [0.05, 0.1) is 17.7 Å². The summed E-state index contributed by atoms with van der Waals surface area (Å²) in [6.07, 6.45) is 8.05. The summed E-state index contributed by atoms with van der Waals surface area (Å²) >= 11 is 0. The van der Waals surface area contributed by atoms with E-state index in [2.05, 4.69) is 5.32 Å². The molecule has 1 aromatic rings. The molecule has 0 radical (unpaired) electrons. The number of nitrogens with two attached hydrogens (primary N) is 1. The van der Waals surface area contributed by atoms with Gasteiger partial charge in [0.2, 0.25) is 5.91 Å². The molecule has 1 aliphatic carbocycles. The molecule has 106 valence electrons. The highest BCUT2D eigenvalue weighted by atomic mass is 16.3. The molecule has 19 heavy (non-hydrogen) atoms. The third-order valence-corrected chi connectivity index (χ3v) is 4.25. The minimum Gasteiger partial charge on any atom is -0.467 e. The Bertz CT molecular complexity index is 392. The van der Waals surface area contributed by atoms with Crippen molar-refractivity contribution >= 4 is 5.91 Å². The highest BCUT2D eigenvalue weighted by Gasteiger charge is 2.37. The van der Waals surface area contributed by atoms with Gasteiger partial charge >= 0.3 is 0 Å². The van der Waals surface area contributed by atoms with Crippen LogP contribution in [0.1, 0.15) is 57.3 Å². The number of hydrogen-bond acceptors (Lipinski definition) is 3. The van der Waals surface area contributed by atoms with Gasteiger partial charge in [0.1, 0.15) is 5.76 Å². The van der Waals surface area contributed by atoms with E-state index in [0.717, 1.165) is 31.4 Å². The fourth-order valence-corrected chi connectivity index (χ4v) is 2.89. The van der Waals surface area contributed by atoms with E-state index < -0.39 is 0 Å². The average Bonchev–Trinajstić information content (AvgIpc) is 2.84. The van der Waals surface area contributed by atoms with Crippen molar-refractivity contribution in [1.82, 2.24) is 5.32 Å². The van der Waals surface area contributed by atoms with Crippen molar-refractivity contribution in [1.29, 1.82) is 0 Å². The summed E-state index contributed by atoms with van der Waals surface area (Å²) < 4.78 is 5.33. The van der Waals surface area contributed by atoms with Crippen LogP contribution in [0.3, 0.4) is 0 Å². The number of furan rings is 1. The third-order valence-electron chi connectivity index (χ3n) is 4.25. The SMILES string of the molecule is C[C@H](NC(=O)C1(CN)CCCCCC1)c1ccco1. The van der Waals surface area contributed by atoms with Gasteiger partial charge in [-0.3, -0.25) is 4.79 Å². The van der Waals surface area contributed by atoms with Gasteiger partial charge in [-0.2, -0.15) is 0 Å². The molecule has 1 fully saturated rings. The Morgan fingerprint density at radius 3 is 2.63 bits per heavy atom. The van der Waals surface area contributed by atoms with E-state index in [0.29, 0.717) is 6.54 Å². The Balaban J connectivity index is 2.03. The number of amides is 1. The maximum Gasteiger partial charge on any atom is 0.228 e. The summed E-state index contributed by atoms with van der Waals surface area (Å²) in [5.41, 5.74) is 5.54. The minimum atomic E-state index is -0.378. The van der Waals surface area contributed by atoms with Gasteiger partial charge in [0.15, 0.2) is 0 Å². The normalized spacial score (nSPS) is 20.5. The fourth-order valence-electron chi connectivity index (χ4n) is 2.89. The van der Waals surface area contributed by atoms with Crippen LogP contribution >= 0.6 is 0 Å². The number of rotatable bonds is 4. The smallest absolute Gasteiger partial charge is 0.228 e. The molecule has 1 aliphatic rings. The van der Waals surface area contributed by atoms with Crippen molar-refractivity contribution < 1.29 is 9.21 Å². The second-order valence-electron chi connectivity index (χ2n) is 5.61. The minimum absolute atomic E-state index is 0.0841. The van der Waals surface area contributed by atoms with E-state index in [1.165, 1.54) is 12.8 Å². The number of nitrogens with one attached hydrogen (secondary N) is 1. The van der Waals surface area contributed by atoms with Crippen LogP contribution in [0.25, 0.3) is 0 Å². The van der Waals surface area contributed by atoms with E-state index in [4.69, 9.17) is 10.2 Å². The zero-order valence-corrected chi connectivity index (χ0v) is 11.7. The Labute approximate surface area is 114 Å². The molecule has 1 atom stereocenters. The molecule has 0 bridgehead atoms. The van der Waals surface area contributed by atoms with Gasteiger partial charge in [-0.15, -0.1) is 0 Å². The molecule has 4 heteroatoms. The van der Waals surface area contributed by atoms with Crippen LogP contribution in [-0.4, -0.2) is 12.5 Å². The monoisotopic (exact) mass is 264 g/mol. The number of hydrogen-bond donors (Lipinski definition) is 2. The van der Waals surface area contributed by atoms with Crippen molar-refractivity contribution in [3.63, 3.8) is 0 Å². The van der Waals surface area contributed by atoms with Gasteiger partial charge in [-0.05, 0) is 31.9 Å². The summed E-state index contributed by atoms with van der Waals surface area (Å²) in [6.45, 7) is 2.38. The Hall–Kier alpha value is -1.29. The summed E-state index contributed by atoms with van der Waals surface area (Å²) in [7, 11) is 0. The van der Waals surface area contributed by atoms with Crippen LogP contribution in [0.15, 0.2) is 22.8 Å². The zero-order valence-electron chi connectivity index (χ0n) is 11.7. The predicted molar refractivity (Wildman–Crippen MR) is 74.5 cm³/mol. The van der Waals surface area contributed by atoms with E-state index >= 15 is 0 Å². The lowest BCUT2D eigenvalue weighted by molar-refractivity contribution is -0.132. The Morgan fingerprint density at radius 2 is 2.11 bits per heavy atom. The highest BCUT2D eigenvalue weighted by Crippen LogP contribution is 2.35. The maximum absolute atomic E-state index is 12.6. The number of carbonyl (C=O) groups excluding carboxylic acids is 1. The standard InChI is InChI=1S/C15H24N2O2/c1-12(13-7-6-10-19-13)17-14(18)15(11-16)8-4-2-3-5-9-15/h6-7,10,12H,2-5,8-9,11,16H2,1H3,(H,17,18)/t12-/m0/s1. The van der Waals surface area contributed by atoms with Crippen molar-refractivity contribution in [2.75, 3.05) is 6.54 Å². The van der Waals surface area contributed by atoms with Crippen LogP contribution in [0, 0.1) is 5.41 Å². The molecule has 0 unspecified atom stereocenters. The first kappa shape index (κ1) is 14.1. The van der Waals surface area contributed by atoms with E-state index in [1.807, 2.05) is 19.1 Å². The second kappa shape index (κ2) is 6.24. The molecule has 4 nitrogen and oxygen atoms in total. The van der Waals surface area contributed by atoms with Crippen LogP contribution in [-0.2, 0) is 4.79 Å². The first-order chi connectivity index (χ1) is 9.18. The maximum atomic E-state index is 12.6. The quantitative estimate of drug-likeness (QED) is 0.822. The third kappa shape index (κ3) is 3.18. The molecule has 1 saturated carbocycles. The second-order valence-corrected chi connectivity index (χ2v) is 5.61. The fraction of sp³-hybridized carbons (Fsp3) is 0.667. The van der Waals surface area contributed by atoms with E-state index in [1.54, 1.807) is 6.26 Å².